The standard InChI is InChI=1S/C24H31F2N3O3.HI/c1-3-27-24(29-16-19-13-14-31-21(19)17-9-6-5-7-10-17)28-15-18-11-8-12-20(30-4-2)22(18)32-23(25)26;/h5-12,19,21,23H,3-4,13-16H2,1-2H3,(H2,27,28,29);1H. The third-order valence-electron chi connectivity index (χ3n) is 5.19. The van der Waals surface area contributed by atoms with Crippen molar-refractivity contribution in [2.75, 3.05) is 26.3 Å². The van der Waals surface area contributed by atoms with Crippen LogP contribution in [0.5, 0.6) is 11.5 Å². The van der Waals surface area contributed by atoms with Gasteiger partial charge in [0.2, 0.25) is 0 Å². The number of rotatable bonds is 10. The second-order valence-corrected chi connectivity index (χ2v) is 7.38. The van der Waals surface area contributed by atoms with E-state index in [1.807, 2.05) is 25.1 Å². The van der Waals surface area contributed by atoms with Gasteiger partial charge in [-0.3, -0.25) is 0 Å². The molecule has 2 atom stereocenters. The summed E-state index contributed by atoms with van der Waals surface area (Å²) >= 11 is 0. The maximum Gasteiger partial charge on any atom is 0.387 e. The summed E-state index contributed by atoms with van der Waals surface area (Å²) in [4.78, 5) is 4.58. The first-order valence-electron chi connectivity index (χ1n) is 11.0. The molecule has 9 heteroatoms. The summed E-state index contributed by atoms with van der Waals surface area (Å²) in [5, 5.41) is 6.58. The van der Waals surface area contributed by atoms with Crippen molar-refractivity contribution in [1.82, 2.24) is 10.6 Å². The summed E-state index contributed by atoms with van der Waals surface area (Å²) in [7, 11) is 0. The summed E-state index contributed by atoms with van der Waals surface area (Å²) in [6.07, 6.45) is 0.995. The lowest BCUT2D eigenvalue weighted by Crippen LogP contribution is -2.40. The van der Waals surface area contributed by atoms with E-state index >= 15 is 0 Å². The van der Waals surface area contributed by atoms with E-state index in [9.17, 15) is 8.78 Å². The van der Waals surface area contributed by atoms with Crippen molar-refractivity contribution in [1.29, 1.82) is 0 Å². The van der Waals surface area contributed by atoms with Crippen molar-refractivity contribution in [2.24, 2.45) is 10.9 Å². The van der Waals surface area contributed by atoms with Gasteiger partial charge >= 0.3 is 6.61 Å². The quantitative estimate of drug-likeness (QED) is 0.234. The number of hydrogen-bond donors (Lipinski definition) is 2. The lowest BCUT2D eigenvalue weighted by molar-refractivity contribution is -0.0520. The third kappa shape index (κ3) is 7.99. The Bertz CT molecular complexity index is 871. The van der Waals surface area contributed by atoms with E-state index in [1.165, 1.54) is 5.56 Å². The van der Waals surface area contributed by atoms with Crippen molar-refractivity contribution in [3.05, 3.63) is 59.7 Å². The minimum absolute atomic E-state index is 0. The number of aliphatic imine (C=N–C) groups is 1. The zero-order valence-electron chi connectivity index (χ0n) is 18.9. The van der Waals surface area contributed by atoms with Gasteiger partial charge in [0.05, 0.1) is 19.3 Å². The van der Waals surface area contributed by atoms with Crippen molar-refractivity contribution in [3.63, 3.8) is 0 Å². The zero-order valence-corrected chi connectivity index (χ0v) is 21.3. The van der Waals surface area contributed by atoms with Crippen molar-refractivity contribution >= 4 is 29.9 Å². The first kappa shape index (κ1) is 27.1. The van der Waals surface area contributed by atoms with Gasteiger partial charge in [0, 0.05) is 31.2 Å². The Hall–Kier alpha value is -2.14. The lowest BCUT2D eigenvalue weighted by atomic mass is 9.95. The average molecular weight is 575 g/mol. The molecule has 0 amide bonds. The molecule has 1 heterocycles. The molecule has 0 saturated carbocycles. The number of alkyl halides is 2. The molecule has 0 bridgehead atoms. The molecule has 0 aliphatic carbocycles. The Morgan fingerprint density at radius 3 is 2.61 bits per heavy atom. The minimum Gasteiger partial charge on any atom is -0.490 e. The van der Waals surface area contributed by atoms with Gasteiger partial charge in [-0.15, -0.1) is 24.0 Å². The minimum atomic E-state index is -2.94. The van der Waals surface area contributed by atoms with Crippen LogP contribution >= 0.6 is 24.0 Å². The van der Waals surface area contributed by atoms with Gasteiger partial charge in [-0.1, -0.05) is 42.5 Å². The van der Waals surface area contributed by atoms with Crippen molar-refractivity contribution < 1.29 is 23.0 Å². The predicted octanol–water partition coefficient (Wildman–Crippen LogP) is 5.14. The average Bonchev–Trinajstić information content (AvgIpc) is 3.26. The molecule has 0 spiro atoms. The monoisotopic (exact) mass is 575 g/mol. The molecule has 1 saturated heterocycles. The topological polar surface area (TPSA) is 64.1 Å². The first-order valence-corrected chi connectivity index (χ1v) is 11.0. The van der Waals surface area contributed by atoms with E-state index in [0.717, 1.165) is 13.0 Å². The van der Waals surface area contributed by atoms with Crippen LogP contribution in [0.25, 0.3) is 0 Å². The van der Waals surface area contributed by atoms with Crippen LogP contribution in [0.15, 0.2) is 53.5 Å². The molecule has 1 fully saturated rings. The van der Waals surface area contributed by atoms with Crippen LogP contribution in [0, 0.1) is 5.92 Å². The second kappa shape index (κ2) is 14.2. The number of ether oxygens (including phenoxy) is 3. The van der Waals surface area contributed by atoms with Crippen LogP contribution in [0.4, 0.5) is 8.78 Å². The number of nitrogens with zero attached hydrogens (tertiary/aromatic N) is 1. The summed E-state index contributed by atoms with van der Waals surface area (Å²) in [5.41, 5.74) is 1.69. The summed E-state index contributed by atoms with van der Waals surface area (Å²) in [5.74, 6) is 1.22. The van der Waals surface area contributed by atoms with E-state index in [4.69, 9.17) is 14.2 Å². The van der Waals surface area contributed by atoms with Gasteiger partial charge in [0.1, 0.15) is 0 Å². The molecule has 6 nitrogen and oxygen atoms in total. The van der Waals surface area contributed by atoms with Crippen molar-refractivity contribution in [3.8, 4) is 11.5 Å². The molecule has 33 heavy (non-hydrogen) atoms. The van der Waals surface area contributed by atoms with Crippen LogP contribution in [0.2, 0.25) is 0 Å². The number of para-hydroxylation sites is 1. The molecule has 2 N–H and O–H groups in total. The first-order chi connectivity index (χ1) is 15.6. The van der Waals surface area contributed by atoms with Crippen molar-refractivity contribution in [2.45, 2.75) is 39.5 Å². The molecule has 0 radical (unpaired) electrons. The molecule has 3 rings (SSSR count). The highest BCUT2D eigenvalue weighted by atomic mass is 127. The smallest absolute Gasteiger partial charge is 0.387 e. The fraction of sp³-hybridized carbons (Fsp3) is 0.458. The maximum atomic E-state index is 13.0. The van der Waals surface area contributed by atoms with E-state index in [0.29, 0.717) is 37.1 Å². The molecule has 1 aliphatic rings. The maximum absolute atomic E-state index is 13.0. The number of hydrogen-bond acceptors (Lipinski definition) is 4. The van der Waals surface area contributed by atoms with Crippen LogP contribution in [0.3, 0.4) is 0 Å². The summed E-state index contributed by atoms with van der Waals surface area (Å²) < 4.78 is 42.1. The highest BCUT2D eigenvalue weighted by Crippen LogP contribution is 2.34. The Morgan fingerprint density at radius 2 is 1.91 bits per heavy atom. The molecule has 1 aliphatic heterocycles. The number of guanidine groups is 1. The Morgan fingerprint density at radius 1 is 1.12 bits per heavy atom. The van der Waals surface area contributed by atoms with Crippen LogP contribution < -0.4 is 20.1 Å². The third-order valence-corrected chi connectivity index (χ3v) is 5.19. The highest BCUT2D eigenvalue weighted by molar-refractivity contribution is 14.0. The summed E-state index contributed by atoms with van der Waals surface area (Å²) in [6.45, 7) is 3.42. The van der Waals surface area contributed by atoms with E-state index < -0.39 is 6.61 Å². The fourth-order valence-electron chi connectivity index (χ4n) is 3.77. The van der Waals surface area contributed by atoms with Gasteiger partial charge in [-0.2, -0.15) is 8.78 Å². The number of benzene rings is 2. The van der Waals surface area contributed by atoms with E-state index in [-0.39, 0.29) is 48.1 Å². The fourth-order valence-corrected chi connectivity index (χ4v) is 3.77. The molecule has 182 valence electrons. The van der Waals surface area contributed by atoms with Crippen LogP contribution in [-0.4, -0.2) is 38.9 Å². The van der Waals surface area contributed by atoms with Gasteiger partial charge in [-0.05, 0) is 31.9 Å². The molecular weight excluding hydrogens is 543 g/mol. The Labute approximate surface area is 211 Å². The molecule has 0 aromatic heterocycles. The predicted molar refractivity (Wildman–Crippen MR) is 136 cm³/mol. The van der Waals surface area contributed by atoms with E-state index in [2.05, 4.69) is 27.8 Å². The van der Waals surface area contributed by atoms with Gasteiger partial charge in [0.25, 0.3) is 0 Å². The van der Waals surface area contributed by atoms with Gasteiger partial charge in [-0.25, -0.2) is 4.99 Å². The normalized spacial score (nSPS) is 18.0. The largest absolute Gasteiger partial charge is 0.490 e. The van der Waals surface area contributed by atoms with Gasteiger partial charge in [0.15, 0.2) is 17.5 Å². The highest BCUT2D eigenvalue weighted by Gasteiger charge is 2.29. The van der Waals surface area contributed by atoms with Gasteiger partial charge < -0.3 is 24.8 Å². The number of halogens is 3. The Balaban J connectivity index is 0.00000385. The van der Waals surface area contributed by atoms with Crippen LogP contribution in [0.1, 0.15) is 37.5 Å². The van der Waals surface area contributed by atoms with E-state index in [1.54, 1.807) is 25.1 Å². The zero-order chi connectivity index (χ0) is 22.8. The number of nitrogens with one attached hydrogen (secondary N) is 2. The van der Waals surface area contributed by atoms with Crippen LogP contribution in [-0.2, 0) is 11.3 Å². The SMILES string of the molecule is CCNC(=NCc1cccc(OCC)c1OC(F)F)NCC1CCOC1c1ccccc1.I. The molecule has 2 aromatic carbocycles. The lowest BCUT2D eigenvalue weighted by Gasteiger charge is -2.21. The Kier molecular flexibility index (Phi) is 11.7. The molecular formula is C24H32F2IN3O3. The second-order valence-electron chi connectivity index (χ2n) is 7.38. The molecule has 2 aromatic rings. The summed E-state index contributed by atoms with van der Waals surface area (Å²) in [6, 6.07) is 15.3. The molecule has 2 unspecified atom stereocenters.